The number of nitrogens with zero attached hydrogens (tertiary/aromatic N) is 3. The molecule has 0 aliphatic carbocycles. The summed E-state index contributed by atoms with van der Waals surface area (Å²) in [6.45, 7) is 1.97. The molecule has 2 aromatic rings. The van der Waals surface area contributed by atoms with Crippen LogP contribution in [0.25, 0.3) is 5.65 Å². The summed E-state index contributed by atoms with van der Waals surface area (Å²) in [6.07, 6.45) is 3.58. The molecule has 0 bridgehead atoms. The Morgan fingerprint density at radius 2 is 2.44 bits per heavy atom. The van der Waals surface area contributed by atoms with Crippen LogP contribution in [0.3, 0.4) is 0 Å². The molecule has 1 saturated heterocycles. The highest BCUT2D eigenvalue weighted by molar-refractivity contribution is 5.42. The minimum absolute atomic E-state index is 0.314. The Kier molecular flexibility index (Phi) is 2.97. The molecule has 7 heteroatoms. The summed E-state index contributed by atoms with van der Waals surface area (Å²) >= 11 is 0. The van der Waals surface area contributed by atoms with Gasteiger partial charge in [0.2, 0.25) is 0 Å². The fourth-order valence-corrected chi connectivity index (χ4v) is 2.27. The van der Waals surface area contributed by atoms with E-state index in [2.05, 4.69) is 25.9 Å². The lowest BCUT2D eigenvalue weighted by atomic mass is 10.1. The van der Waals surface area contributed by atoms with Crippen molar-refractivity contribution < 1.29 is 0 Å². The zero-order chi connectivity index (χ0) is 12.4. The Bertz CT molecular complexity index is 582. The molecule has 1 aliphatic heterocycles. The van der Waals surface area contributed by atoms with E-state index in [1.807, 2.05) is 6.07 Å². The summed E-state index contributed by atoms with van der Waals surface area (Å²) in [4.78, 5) is 11.4. The maximum absolute atomic E-state index is 11.4. The monoisotopic (exact) mass is 248 g/mol. The summed E-state index contributed by atoms with van der Waals surface area (Å²) < 4.78 is 1.26. The molecular weight excluding hydrogens is 232 g/mol. The number of rotatable bonds is 4. The molecule has 18 heavy (non-hydrogen) atoms. The molecule has 1 atom stereocenters. The molecule has 3 N–H and O–H groups in total. The number of hydrogen-bond acceptors (Lipinski definition) is 5. The second-order valence-corrected chi connectivity index (χ2v) is 4.53. The van der Waals surface area contributed by atoms with Crippen molar-refractivity contribution in [2.75, 3.05) is 18.4 Å². The van der Waals surface area contributed by atoms with Crippen molar-refractivity contribution in [1.82, 2.24) is 25.1 Å². The predicted molar refractivity (Wildman–Crippen MR) is 67.7 cm³/mol. The predicted octanol–water partition coefficient (Wildman–Crippen LogP) is -0.0284. The number of H-pyrrole nitrogens is 1. The van der Waals surface area contributed by atoms with Crippen molar-refractivity contribution in [2.45, 2.75) is 25.3 Å². The standard InChI is InChI=1S/C11H16N6O/c18-11-15-14-10-4-3-9(16-17(10)11)13-7-5-8-2-1-6-12-8/h3-4,8,12H,1-2,5-7H2,(H,13,16)(H,15,18). The van der Waals surface area contributed by atoms with E-state index in [9.17, 15) is 4.79 Å². The number of hydrogen-bond donors (Lipinski definition) is 3. The van der Waals surface area contributed by atoms with E-state index in [1.165, 1.54) is 17.4 Å². The third kappa shape index (κ3) is 2.21. The van der Waals surface area contributed by atoms with Crippen LogP contribution in [0.4, 0.5) is 5.82 Å². The second kappa shape index (κ2) is 4.77. The van der Waals surface area contributed by atoms with Crippen LogP contribution in [-0.4, -0.2) is 38.9 Å². The molecule has 0 aromatic carbocycles. The molecule has 3 heterocycles. The van der Waals surface area contributed by atoms with Crippen LogP contribution in [0.15, 0.2) is 16.9 Å². The van der Waals surface area contributed by atoms with Crippen LogP contribution in [0.5, 0.6) is 0 Å². The highest BCUT2D eigenvalue weighted by atomic mass is 16.2. The summed E-state index contributed by atoms with van der Waals surface area (Å²) in [7, 11) is 0. The van der Waals surface area contributed by atoms with Gasteiger partial charge in [-0.2, -0.15) is 9.61 Å². The number of aromatic amines is 1. The van der Waals surface area contributed by atoms with Crippen molar-refractivity contribution >= 4 is 11.5 Å². The number of fused-ring (bicyclic) bond motifs is 1. The first-order valence-corrected chi connectivity index (χ1v) is 6.25. The molecule has 0 saturated carbocycles. The first kappa shape index (κ1) is 11.2. The Balaban J connectivity index is 1.63. The first-order chi connectivity index (χ1) is 8.83. The van der Waals surface area contributed by atoms with Crippen LogP contribution in [-0.2, 0) is 0 Å². The smallest absolute Gasteiger partial charge is 0.364 e. The SMILES string of the molecule is O=c1[nH]nc2ccc(NCCC3CCCN3)nn12. The normalized spacial score (nSPS) is 19.4. The van der Waals surface area contributed by atoms with Crippen molar-refractivity contribution in [1.29, 1.82) is 0 Å². The van der Waals surface area contributed by atoms with E-state index in [4.69, 9.17) is 0 Å². The highest BCUT2D eigenvalue weighted by Crippen LogP contribution is 2.09. The largest absolute Gasteiger partial charge is 0.369 e. The van der Waals surface area contributed by atoms with Gasteiger partial charge in [0.05, 0.1) is 0 Å². The lowest BCUT2D eigenvalue weighted by Crippen LogP contribution is -2.24. The van der Waals surface area contributed by atoms with Gasteiger partial charge in [-0.3, -0.25) is 0 Å². The van der Waals surface area contributed by atoms with Gasteiger partial charge >= 0.3 is 5.69 Å². The Labute approximate surface area is 104 Å². The fourth-order valence-electron chi connectivity index (χ4n) is 2.27. The van der Waals surface area contributed by atoms with Crippen LogP contribution < -0.4 is 16.3 Å². The maximum Gasteiger partial charge on any atom is 0.364 e. The second-order valence-electron chi connectivity index (χ2n) is 4.53. The molecule has 0 radical (unpaired) electrons. The van der Waals surface area contributed by atoms with Crippen LogP contribution in [0.1, 0.15) is 19.3 Å². The van der Waals surface area contributed by atoms with Crippen LogP contribution in [0, 0.1) is 0 Å². The van der Waals surface area contributed by atoms with Crippen molar-refractivity contribution in [2.24, 2.45) is 0 Å². The number of nitrogens with one attached hydrogen (secondary N) is 3. The molecule has 2 aromatic heterocycles. The Hall–Kier alpha value is -1.89. The summed E-state index contributed by atoms with van der Waals surface area (Å²) in [6, 6.07) is 4.21. The fraction of sp³-hybridized carbons (Fsp3) is 0.545. The van der Waals surface area contributed by atoms with Gasteiger partial charge in [0, 0.05) is 12.6 Å². The van der Waals surface area contributed by atoms with Gasteiger partial charge in [-0.15, -0.1) is 5.10 Å². The number of anilines is 1. The van der Waals surface area contributed by atoms with Gasteiger partial charge in [-0.1, -0.05) is 0 Å². The quantitative estimate of drug-likeness (QED) is 0.707. The average Bonchev–Trinajstić information content (AvgIpc) is 3.01. The zero-order valence-electron chi connectivity index (χ0n) is 10.0. The van der Waals surface area contributed by atoms with Gasteiger partial charge in [0.1, 0.15) is 5.82 Å². The summed E-state index contributed by atoms with van der Waals surface area (Å²) in [5.41, 5.74) is 0.217. The van der Waals surface area contributed by atoms with Gasteiger partial charge in [0.15, 0.2) is 5.65 Å². The summed E-state index contributed by atoms with van der Waals surface area (Å²) in [5.74, 6) is 0.698. The molecule has 0 spiro atoms. The lowest BCUT2D eigenvalue weighted by molar-refractivity contribution is 0.574. The summed E-state index contributed by atoms with van der Waals surface area (Å²) in [5, 5.41) is 17.0. The van der Waals surface area contributed by atoms with E-state index in [-0.39, 0.29) is 5.69 Å². The van der Waals surface area contributed by atoms with E-state index in [0.29, 0.717) is 17.5 Å². The van der Waals surface area contributed by atoms with E-state index >= 15 is 0 Å². The van der Waals surface area contributed by atoms with E-state index in [1.54, 1.807) is 6.07 Å². The maximum atomic E-state index is 11.4. The molecule has 3 rings (SSSR count). The molecule has 0 amide bonds. The highest BCUT2D eigenvalue weighted by Gasteiger charge is 2.13. The third-order valence-corrected chi connectivity index (χ3v) is 3.23. The molecule has 96 valence electrons. The minimum Gasteiger partial charge on any atom is -0.369 e. The van der Waals surface area contributed by atoms with Crippen molar-refractivity contribution in [3.8, 4) is 0 Å². The van der Waals surface area contributed by atoms with Crippen LogP contribution >= 0.6 is 0 Å². The molecule has 1 fully saturated rings. The van der Waals surface area contributed by atoms with Crippen molar-refractivity contribution in [3.63, 3.8) is 0 Å². The minimum atomic E-state index is -0.314. The van der Waals surface area contributed by atoms with E-state index in [0.717, 1.165) is 19.5 Å². The van der Waals surface area contributed by atoms with Gasteiger partial charge in [-0.25, -0.2) is 9.89 Å². The topological polar surface area (TPSA) is 87.1 Å². The van der Waals surface area contributed by atoms with E-state index < -0.39 is 0 Å². The first-order valence-electron chi connectivity index (χ1n) is 6.25. The molecular formula is C11H16N6O. The zero-order valence-corrected chi connectivity index (χ0v) is 10.0. The number of aromatic nitrogens is 4. The Morgan fingerprint density at radius 1 is 1.50 bits per heavy atom. The van der Waals surface area contributed by atoms with Gasteiger partial charge in [0.25, 0.3) is 0 Å². The van der Waals surface area contributed by atoms with Crippen molar-refractivity contribution in [3.05, 3.63) is 22.6 Å². The molecule has 7 nitrogen and oxygen atoms in total. The van der Waals surface area contributed by atoms with Gasteiger partial charge in [-0.05, 0) is 37.9 Å². The average molecular weight is 248 g/mol. The lowest BCUT2D eigenvalue weighted by Gasteiger charge is -2.10. The molecule has 1 unspecified atom stereocenters. The van der Waals surface area contributed by atoms with Crippen LogP contribution in [0.2, 0.25) is 0 Å². The van der Waals surface area contributed by atoms with Gasteiger partial charge < -0.3 is 10.6 Å². The Morgan fingerprint density at radius 3 is 3.28 bits per heavy atom. The third-order valence-electron chi connectivity index (χ3n) is 3.23. The molecule has 1 aliphatic rings.